The van der Waals surface area contributed by atoms with E-state index in [0.717, 1.165) is 19.1 Å². The molecule has 2 heteroatoms. The van der Waals surface area contributed by atoms with Crippen LogP contribution in [0.25, 0.3) is 0 Å². The second kappa shape index (κ2) is 5.30. The molecule has 0 aliphatic heterocycles. The summed E-state index contributed by atoms with van der Waals surface area (Å²) in [4.78, 5) is 12.2. The van der Waals surface area contributed by atoms with Crippen LogP contribution in [0.3, 0.4) is 0 Å². The Morgan fingerprint density at radius 3 is 2.64 bits per heavy atom. The van der Waals surface area contributed by atoms with E-state index < -0.39 is 0 Å². The molecule has 14 heavy (non-hydrogen) atoms. The maximum Gasteiger partial charge on any atom is 0.123 e. The van der Waals surface area contributed by atoms with Crippen molar-refractivity contribution in [3.63, 3.8) is 0 Å². The summed E-state index contributed by atoms with van der Waals surface area (Å²) in [6.45, 7) is 6.44. The highest BCUT2D eigenvalue weighted by molar-refractivity contribution is 7.10. The van der Waals surface area contributed by atoms with Gasteiger partial charge >= 0.3 is 0 Å². The van der Waals surface area contributed by atoms with E-state index in [0.29, 0.717) is 5.92 Å². The Kier molecular flexibility index (Phi) is 4.33. The molecule has 0 saturated carbocycles. The number of thiophene rings is 1. The lowest BCUT2D eigenvalue weighted by molar-refractivity contribution is -0.111. The standard InChI is InChI=1S/C12H18OS/c1-9(2)6-11(8-13)7-12-10(3)4-5-14-12/h4-5,8-9,11H,6-7H2,1-3H3. The van der Waals surface area contributed by atoms with Crippen LogP contribution in [0, 0.1) is 18.8 Å². The largest absolute Gasteiger partial charge is 0.303 e. The van der Waals surface area contributed by atoms with Gasteiger partial charge in [0.1, 0.15) is 6.29 Å². The van der Waals surface area contributed by atoms with Crippen molar-refractivity contribution in [1.82, 2.24) is 0 Å². The van der Waals surface area contributed by atoms with Gasteiger partial charge in [-0.2, -0.15) is 0 Å². The zero-order valence-electron chi connectivity index (χ0n) is 9.12. The molecule has 0 spiro atoms. The lowest BCUT2D eigenvalue weighted by Gasteiger charge is -2.11. The van der Waals surface area contributed by atoms with Gasteiger partial charge < -0.3 is 4.79 Å². The summed E-state index contributed by atoms with van der Waals surface area (Å²) in [5, 5.41) is 2.10. The van der Waals surface area contributed by atoms with Crippen molar-refractivity contribution in [2.75, 3.05) is 0 Å². The van der Waals surface area contributed by atoms with E-state index in [-0.39, 0.29) is 5.92 Å². The highest BCUT2D eigenvalue weighted by Crippen LogP contribution is 2.22. The fourth-order valence-corrected chi connectivity index (χ4v) is 2.64. The van der Waals surface area contributed by atoms with Crippen LogP contribution in [0.5, 0.6) is 0 Å². The minimum absolute atomic E-state index is 0.201. The van der Waals surface area contributed by atoms with Crippen molar-refractivity contribution < 1.29 is 4.79 Å². The number of carbonyl (C=O) groups is 1. The van der Waals surface area contributed by atoms with E-state index in [1.165, 1.54) is 10.4 Å². The second-order valence-electron chi connectivity index (χ2n) is 4.26. The summed E-state index contributed by atoms with van der Waals surface area (Å²) in [6.07, 6.45) is 3.03. The highest BCUT2D eigenvalue weighted by Gasteiger charge is 2.12. The van der Waals surface area contributed by atoms with Gasteiger partial charge in [0.25, 0.3) is 0 Å². The Morgan fingerprint density at radius 2 is 2.21 bits per heavy atom. The zero-order valence-corrected chi connectivity index (χ0v) is 9.93. The van der Waals surface area contributed by atoms with Crippen LogP contribution in [-0.2, 0) is 11.2 Å². The lowest BCUT2D eigenvalue weighted by Crippen LogP contribution is -2.09. The third kappa shape index (κ3) is 3.26. The quantitative estimate of drug-likeness (QED) is 0.680. The predicted molar refractivity (Wildman–Crippen MR) is 61.8 cm³/mol. The second-order valence-corrected chi connectivity index (χ2v) is 5.26. The van der Waals surface area contributed by atoms with Gasteiger partial charge in [-0.1, -0.05) is 13.8 Å². The number of carbonyl (C=O) groups excluding carboxylic acids is 1. The summed E-state index contributed by atoms with van der Waals surface area (Å²) in [7, 11) is 0. The van der Waals surface area contributed by atoms with Crippen molar-refractivity contribution >= 4 is 17.6 Å². The maximum absolute atomic E-state index is 10.9. The highest BCUT2D eigenvalue weighted by atomic mass is 32.1. The third-order valence-corrected chi connectivity index (χ3v) is 3.43. The van der Waals surface area contributed by atoms with Crippen molar-refractivity contribution in [3.8, 4) is 0 Å². The van der Waals surface area contributed by atoms with Gasteiger partial charge in [0.15, 0.2) is 0 Å². The molecule has 0 radical (unpaired) electrons. The van der Waals surface area contributed by atoms with Crippen LogP contribution < -0.4 is 0 Å². The molecule has 0 aliphatic rings. The Hall–Kier alpha value is -0.630. The molecule has 0 bridgehead atoms. The maximum atomic E-state index is 10.9. The molecule has 1 rings (SSSR count). The number of aryl methyl sites for hydroxylation is 1. The average molecular weight is 210 g/mol. The van der Waals surface area contributed by atoms with Gasteiger partial charge in [0.2, 0.25) is 0 Å². The SMILES string of the molecule is Cc1ccsc1CC(C=O)CC(C)C. The molecular formula is C12H18OS. The molecule has 1 unspecified atom stereocenters. The molecule has 1 aromatic rings. The first-order valence-corrected chi connectivity index (χ1v) is 5.99. The average Bonchev–Trinajstić information content (AvgIpc) is 2.50. The first kappa shape index (κ1) is 11.4. The number of hydrogen-bond donors (Lipinski definition) is 0. The molecule has 78 valence electrons. The molecule has 1 aromatic heterocycles. The molecular weight excluding hydrogens is 192 g/mol. The van der Waals surface area contributed by atoms with Crippen molar-refractivity contribution in [1.29, 1.82) is 0 Å². The van der Waals surface area contributed by atoms with Crippen LogP contribution in [0.15, 0.2) is 11.4 Å². The number of hydrogen-bond acceptors (Lipinski definition) is 2. The summed E-state index contributed by atoms with van der Waals surface area (Å²) in [5.74, 6) is 0.804. The molecule has 0 aliphatic carbocycles. The third-order valence-electron chi connectivity index (χ3n) is 2.38. The topological polar surface area (TPSA) is 17.1 Å². The smallest absolute Gasteiger partial charge is 0.123 e. The summed E-state index contributed by atoms with van der Waals surface area (Å²) in [5.41, 5.74) is 1.32. The Bertz CT molecular complexity index is 288. The van der Waals surface area contributed by atoms with Gasteiger partial charge in [-0.25, -0.2) is 0 Å². The van der Waals surface area contributed by atoms with Crippen LogP contribution >= 0.6 is 11.3 Å². The molecule has 1 heterocycles. The zero-order chi connectivity index (χ0) is 10.6. The Labute approximate surface area is 90.2 Å². The van der Waals surface area contributed by atoms with E-state index in [1.807, 2.05) is 0 Å². The Morgan fingerprint density at radius 1 is 1.50 bits per heavy atom. The van der Waals surface area contributed by atoms with E-state index in [1.54, 1.807) is 11.3 Å². The molecule has 0 fully saturated rings. The predicted octanol–water partition coefficient (Wildman–Crippen LogP) is 3.46. The summed E-state index contributed by atoms with van der Waals surface area (Å²) in [6, 6.07) is 2.12. The monoisotopic (exact) mass is 210 g/mol. The lowest BCUT2D eigenvalue weighted by atomic mass is 9.94. The molecule has 1 atom stereocenters. The fraction of sp³-hybridized carbons (Fsp3) is 0.583. The number of rotatable bonds is 5. The van der Waals surface area contributed by atoms with Crippen molar-refractivity contribution in [3.05, 3.63) is 21.9 Å². The van der Waals surface area contributed by atoms with E-state index in [4.69, 9.17) is 0 Å². The van der Waals surface area contributed by atoms with Crippen LogP contribution in [0.1, 0.15) is 30.7 Å². The molecule has 1 nitrogen and oxygen atoms in total. The summed E-state index contributed by atoms with van der Waals surface area (Å²) >= 11 is 1.76. The van der Waals surface area contributed by atoms with Crippen LogP contribution in [0.2, 0.25) is 0 Å². The summed E-state index contributed by atoms with van der Waals surface area (Å²) < 4.78 is 0. The van der Waals surface area contributed by atoms with Crippen molar-refractivity contribution in [2.45, 2.75) is 33.6 Å². The normalized spacial score (nSPS) is 13.1. The van der Waals surface area contributed by atoms with E-state index in [2.05, 4.69) is 32.2 Å². The van der Waals surface area contributed by atoms with Crippen molar-refractivity contribution in [2.24, 2.45) is 11.8 Å². The number of aldehydes is 1. The van der Waals surface area contributed by atoms with Gasteiger partial charge in [-0.15, -0.1) is 11.3 Å². The van der Waals surface area contributed by atoms with Gasteiger partial charge in [-0.05, 0) is 42.7 Å². The minimum Gasteiger partial charge on any atom is -0.303 e. The van der Waals surface area contributed by atoms with E-state index >= 15 is 0 Å². The fourth-order valence-electron chi connectivity index (χ4n) is 1.64. The molecule has 0 N–H and O–H groups in total. The molecule has 0 aromatic carbocycles. The first-order valence-electron chi connectivity index (χ1n) is 5.11. The molecule has 0 amide bonds. The van der Waals surface area contributed by atoms with Crippen LogP contribution in [0.4, 0.5) is 0 Å². The van der Waals surface area contributed by atoms with E-state index in [9.17, 15) is 4.79 Å². The van der Waals surface area contributed by atoms with Gasteiger partial charge in [0.05, 0.1) is 0 Å². The first-order chi connectivity index (χ1) is 6.63. The van der Waals surface area contributed by atoms with Crippen LogP contribution in [-0.4, -0.2) is 6.29 Å². The Balaban J connectivity index is 2.57. The molecule has 0 saturated heterocycles. The van der Waals surface area contributed by atoms with Gasteiger partial charge in [-0.3, -0.25) is 0 Å². The minimum atomic E-state index is 0.201. The van der Waals surface area contributed by atoms with Gasteiger partial charge in [0, 0.05) is 10.8 Å².